The molecule has 4 aliphatic rings. The molecule has 8 atom stereocenters. The SMILES string of the molecule is CCCCCCCC/C=C\CCCCCCCCC(=O)O[C@H]1CC[C@@]2(C)C(=CC[C@H]3[C@@H]4CC[C@H](C(C)COC(=O)NCCCCCCCCCCCC)C4CC[C@@H]32)C1. The fourth-order valence-corrected chi connectivity index (χ4v) is 12.1. The normalized spacial score (nSPS) is 27.1. The number of esters is 1. The molecular formula is C53H93NO4. The lowest BCUT2D eigenvalue weighted by Gasteiger charge is -2.55. The first kappa shape index (κ1) is 48.9. The maximum Gasteiger partial charge on any atom is 0.407 e. The fraction of sp³-hybridized carbons (Fsp3) is 0.887. The highest BCUT2D eigenvalue weighted by Crippen LogP contribution is 2.63. The molecular weight excluding hydrogens is 715 g/mol. The monoisotopic (exact) mass is 808 g/mol. The Kier molecular flexibility index (Phi) is 24.2. The summed E-state index contributed by atoms with van der Waals surface area (Å²) < 4.78 is 11.9. The highest BCUT2D eigenvalue weighted by molar-refractivity contribution is 5.69. The molecule has 4 aliphatic carbocycles. The molecule has 1 N–H and O–H groups in total. The van der Waals surface area contributed by atoms with E-state index in [1.807, 2.05) is 0 Å². The highest BCUT2D eigenvalue weighted by Gasteiger charge is 2.55. The van der Waals surface area contributed by atoms with Crippen molar-refractivity contribution in [2.24, 2.45) is 40.9 Å². The quantitative estimate of drug-likeness (QED) is 0.0430. The van der Waals surface area contributed by atoms with Gasteiger partial charge in [-0.1, -0.05) is 167 Å². The first-order valence-corrected chi connectivity index (χ1v) is 25.8. The Morgan fingerprint density at radius 1 is 0.707 bits per heavy atom. The predicted octanol–water partition coefficient (Wildman–Crippen LogP) is 15.8. The minimum absolute atomic E-state index is 0.0283. The summed E-state index contributed by atoms with van der Waals surface area (Å²) in [5, 5.41) is 3.02. The number of ether oxygens (including phenoxy) is 2. The topological polar surface area (TPSA) is 64.6 Å². The van der Waals surface area contributed by atoms with Gasteiger partial charge >= 0.3 is 12.1 Å². The number of carbonyl (C=O) groups excluding carboxylic acids is 2. The first-order chi connectivity index (χ1) is 28.4. The summed E-state index contributed by atoms with van der Waals surface area (Å²) in [6, 6.07) is 0. The standard InChI is InChI=1S/C53H93NO4/c1-5-7-9-11-13-15-17-18-19-20-21-22-23-25-27-29-31-51(55)58-45-38-39-53(4)44(41-45)32-33-49-48-35-34-46(47(48)36-37-50(49)53)43(3)42-57-52(56)54-40-30-28-26-24-16-14-12-10-8-6-2/h18-19,32,43,45-50H,5-17,20-31,33-42H2,1-4H3,(H,54,56)/b19-18-/t43?,45-,46+,47?,48+,49-,50-,53-/m0/s1. The molecule has 0 saturated heterocycles. The number of nitrogens with one attached hydrogen (secondary N) is 1. The number of hydrogen-bond donors (Lipinski definition) is 1. The molecule has 2 unspecified atom stereocenters. The number of amides is 1. The lowest BCUT2D eigenvalue weighted by molar-refractivity contribution is -0.151. The summed E-state index contributed by atoms with van der Waals surface area (Å²) in [7, 11) is 0. The summed E-state index contributed by atoms with van der Waals surface area (Å²) in [5.74, 6) is 4.22. The molecule has 0 bridgehead atoms. The van der Waals surface area contributed by atoms with Gasteiger partial charge in [0.05, 0.1) is 6.61 Å². The van der Waals surface area contributed by atoms with Crippen molar-refractivity contribution < 1.29 is 19.1 Å². The Balaban J connectivity index is 1.04. The van der Waals surface area contributed by atoms with Crippen molar-refractivity contribution >= 4 is 12.1 Å². The van der Waals surface area contributed by atoms with Crippen LogP contribution in [0.5, 0.6) is 0 Å². The number of allylic oxidation sites excluding steroid dienone is 3. The Morgan fingerprint density at radius 2 is 1.28 bits per heavy atom. The molecule has 0 radical (unpaired) electrons. The van der Waals surface area contributed by atoms with Crippen LogP contribution >= 0.6 is 0 Å². The van der Waals surface area contributed by atoms with Crippen LogP contribution in [-0.2, 0) is 14.3 Å². The molecule has 0 heterocycles. The van der Waals surface area contributed by atoms with Crippen molar-refractivity contribution in [1.82, 2.24) is 5.32 Å². The van der Waals surface area contributed by atoms with Crippen LogP contribution in [-0.4, -0.2) is 31.3 Å². The average molecular weight is 808 g/mol. The van der Waals surface area contributed by atoms with Gasteiger partial charge in [0.15, 0.2) is 0 Å². The van der Waals surface area contributed by atoms with Gasteiger partial charge in [-0.2, -0.15) is 0 Å². The van der Waals surface area contributed by atoms with Gasteiger partial charge < -0.3 is 14.8 Å². The van der Waals surface area contributed by atoms with E-state index in [0.717, 1.165) is 68.7 Å². The lowest BCUT2D eigenvalue weighted by atomic mass is 9.50. The summed E-state index contributed by atoms with van der Waals surface area (Å²) in [5.41, 5.74) is 1.85. The molecule has 3 fully saturated rings. The molecule has 0 aromatic carbocycles. The second-order valence-corrected chi connectivity index (χ2v) is 20.0. The van der Waals surface area contributed by atoms with Gasteiger partial charge in [0, 0.05) is 19.4 Å². The summed E-state index contributed by atoms with van der Waals surface area (Å²) in [6.45, 7) is 10.7. The summed E-state index contributed by atoms with van der Waals surface area (Å²) in [4.78, 5) is 25.4. The summed E-state index contributed by atoms with van der Waals surface area (Å²) >= 11 is 0. The third kappa shape index (κ3) is 16.9. The van der Waals surface area contributed by atoms with E-state index in [1.165, 1.54) is 167 Å². The smallest absolute Gasteiger partial charge is 0.407 e. The molecule has 0 aliphatic heterocycles. The van der Waals surface area contributed by atoms with E-state index in [9.17, 15) is 9.59 Å². The zero-order chi connectivity index (χ0) is 41.3. The molecule has 0 aromatic heterocycles. The molecule has 5 heteroatoms. The van der Waals surface area contributed by atoms with E-state index in [4.69, 9.17) is 9.47 Å². The first-order valence-electron chi connectivity index (χ1n) is 25.8. The molecule has 58 heavy (non-hydrogen) atoms. The molecule has 334 valence electrons. The molecule has 5 nitrogen and oxygen atoms in total. The second kappa shape index (κ2) is 28.7. The Hall–Kier alpha value is -1.78. The van der Waals surface area contributed by atoms with Crippen molar-refractivity contribution in [3.05, 3.63) is 23.8 Å². The number of hydrogen-bond acceptors (Lipinski definition) is 4. The van der Waals surface area contributed by atoms with E-state index in [0.29, 0.717) is 24.9 Å². The van der Waals surface area contributed by atoms with Gasteiger partial charge in [-0.3, -0.25) is 4.79 Å². The van der Waals surface area contributed by atoms with E-state index < -0.39 is 0 Å². The van der Waals surface area contributed by atoms with Crippen LogP contribution in [0.15, 0.2) is 23.8 Å². The van der Waals surface area contributed by atoms with Crippen molar-refractivity contribution in [1.29, 1.82) is 0 Å². The van der Waals surface area contributed by atoms with Crippen LogP contribution in [0.25, 0.3) is 0 Å². The Labute approximate surface area is 358 Å². The van der Waals surface area contributed by atoms with Gasteiger partial charge in [-0.05, 0) is 124 Å². The van der Waals surface area contributed by atoms with E-state index >= 15 is 0 Å². The lowest BCUT2D eigenvalue weighted by Crippen LogP contribution is -2.48. The van der Waals surface area contributed by atoms with Crippen molar-refractivity contribution in [2.75, 3.05) is 13.2 Å². The van der Waals surface area contributed by atoms with Crippen LogP contribution < -0.4 is 5.32 Å². The number of unbranched alkanes of at least 4 members (excludes halogenated alkanes) is 21. The second-order valence-electron chi connectivity index (χ2n) is 20.0. The minimum Gasteiger partial charge on any atom is -0.462 e. The molecule has 0 spiro atoms. The maximum absolute atomic E-state index is 12.9. The molecule has 3 saturated carbocycles. The van der Waals surface area contributed by atoms with Gasteiger partial charge in [0.2, 0.25) is 0 Å². The predicted molar refractivity (Wildman–Crippen MR) is 245 cm³/mol. The zero-order valence-corrected chi connectivity index (χ0v) is 38.7. The maximum atomic E-state index is 12.9. The molecule has 4 rings (SSSR count). The van der Waals surface area contributed by atoms with Crippen molar-refractivity contribution in [2.45, 2.75) is 246 Å². The van der Waals surface area contributed by atoms with Gasteiger partial charge in [0.25, 0.3) is 0 Å². The zero-order valence-electron chi connectivity index (χ0n) is 38.7. The number of alkyl carbamates (subject to hydrolysis) is 1. The van der Waals surface area contributed by atoms with Crippen molar-refractivity contribution in [3.63, 3.8) is 0 Å². The minimum atomic E-state index is -0.224. The van der Waals surface area contributed by atoms with Crippen LogP contribution in [0.2, 0.25) is 0 Å². The third-order valence-corrected chi connectivity index (χ3v) is 15.6. The average Bonchev–Trinajstić information content (AvgIpc) is 3.67. The highest BCUT2D eigenvalue weighted by atomic mass is 16.5. The van der Waals surface area contributed by atoms with Crippen LogP contribution in [0.3, 0.4) is 0 Å². The van der Waals surface area contributed by atoms with Crippen LogP contribution in [0, 0.1) is 40.9 Å². The fourth-order valence-electron chi connectivity index (χ4n) is 12.1. The third-order valence-electron chi connectivity index (χ3n) is 15.6. The Bertz CT molecular complexity index is 1180. The number of fused-ring (bicyclic) bond motifs is 5. The van der Waals surface area contributed by atoms with Gasteiger partial charge in [-0.25, -0.2) is 4.79 Å². The number of rotatable bonds is 31. The number of carbonyl (C=O) groups is 2. The van der Waals surface area contributed by atoms with Crippen molar-refractivity contribution in [3.8, 4) is 0 Å². The van der Waals surface area contributed by atoms with E-state index in [1.54, 1.807) is 5.57 Å². The Morgan fingerprint density at radius 3 is 1.91 bits per heavy atom. The van der Waals surface area contributed by atoms with Gasteiger partial charge in [-0.15, -0.1) is 0 Å². The molecule has 1 amide bonds. The van der Waals surface area contributed by atoms with E-state index in [2.05, 4.69) is 51.2 Å². The molecule has 0 aromatic rings. The van der Waals surface area contributed by atoms with E-state index in [-0.39, 0.29) is 23.6 Å². The van der Waals surface area contributed by atoms with Gasteiger partial charge in [0.1, 0.15) is 6.10 Å². The summed E-state index contributed by atoms with van der Waals surface area (Å²) in [6.07, 6.45) is 48.4. The van der Waals surface area contributed by atoms with Crippen LogP contribution in [0.4, 0.5) is 4.79 Å². The largest absolute Gasteiger partial charge is 0.462 e. The van der Waals surface area contributed by atoms with Crippen LogP contribution in [0.1, 0.15) is 240 Å².